The molecule has 132 valence electrons. The van der Waals surface area contributed by atoms with Crippen molar-refractivity contribution in [2.45, 2.75) is 47.1 Å². The van der Waals surface area contributed by atoms with Crippen LogP contribution in [0.25, 0.3) is 0 Å². The molecule has 0 fully saturated rings. The van der Waals surface area contributed by atoms with Gasteiger partial charge in [0, 0.05) is 24.7 Å². The van der Waals surface area contributed by atoms with Gasteiger partial charge in [-0.25, -0.2) is 0 Å². The summed E-state index contributed by atoms with van der Waals surface area (Å²) in [4.78, 5) is 35.2. The van der Waals surface area contributed by atoms with Crippen molar-refractivity contribution in [1.29, 1.82) is 0 Å². The summed E-state index contributed by atoms with van der Waals surface area (Å²) in [5.74, 6) is -0.273. The first-order chi connectivity index (χ1) is 11.2. The zero-order valence-corrected chi connectivity index (χ0v) is 15.0. The Hall–Kier alpha value is -2.37. The number of hydrogen-bond donors (Lipinski definition) is 3. The van der Waals surface area contributed by atoms with Crippen molar-refractivity contribution < 1.29 is 14.4 Å². The van der Waals surface area contributed by atoms with Crippen LogP contribution in [0.2, 0.25) is 0 Å². The van der Waals surface area contributed by atoms with E-state index in [0.717, 1.165) is 0 Å². The van der Waals surface area contributed by atoms with Gasteiger partial charge in [0.25, 0.3) is 0 Å². The fourth-order valence-corrected chi connectivity index (χ4v) is 2.19. The first-order valence-corrected chi connectivity index (χ1v) is 8.17. The Morgan fingerprint density at radius 2 is 1.42 bits per heavy atom. The van der Waals surface area contributed by atoms with Crippen molar-refractivity contribution in [1.82, 2.24) is 5.32 Å². The van der Waals surface area contributed by atoms with E-state index >= 15 is 0 Å². The van der Waals surface area contributed by atoms with E-state index in [1.54, 1.807) is 24.3 Å². The second-order valence-electron chi connectivity index (χ2n) is 6.63. The number of anilines is 2. The van der Waals surface area contributed by atoms with Gasteiger partial charge in [-0.05, 0) is 36.1 Å². The molecule has 0 radical (unpaired) electrons. The maximum Gasteiger partial charge on any atom is 0.247 e. The van der Waals surface area contributed by atoms with Gasteiger partial charge in [0.2, 0.25) is 17.7 Å². The minimum absolute atomic E-state index is 0.0245. The molecular formula is C18H27N3O3. The molecule has 0 spiro atoms. The molecule has 0 aliphatic carbocycles. The zero-order valence-electron chi connectivity index (χ0n) is 15.0. The van der Waals surface area contributed by atoms with Gasteiger partial charge >= 0.3 is 0 Å². The van der Waals surface area contributed by atoms with Crippen LogP contribution in [0.3, 0.4) is 0 Å². The average molecular weight is 333 g/mol. The minimum atomic E-state index is -0.590. The Morgan fingerprint density at radius 1 is 0.917 bits per heavy atom. The summed E-state index contributed by atoms with van der Waals surface area (Å²) in [6.45, 7) is 9.09. The second-order valence-corrected chi connectivity index (χ2v) is 6.63. The molecule has 1 aromatic rings. The topological polar surface area (TPSA) is 87.3 Å². The molecule has 0 aliphatic heterocycles. The van der Waals surface area contributed by atoms with Crippen LogP contribution in [0.4, 0.5) is 11.4 Å². The summed E-state index contributed by atoms with van der Waals surface area (Å²) < 4.78 is 0. The fraction of sp³-hybridized carbons (Fsp3) is 0.500. The van der Waals surface area contributed by atoms with Crippen molar-refractivity contribution in [2.75, 3.05) is 10.6 Å². The summed E-state index contributed by atoms with van der Waals surface area (Å²) in [6, 6.07) is 6.31. The number of hydrogen-bond acceptors (Lipinski definition) is 3. The highest BCUT2D eigenvalue weighted by molar-refractivity contribution is 5.97. The zero-order chi connectivity index (χ0) is 18.3. The number of rotatable bonds is 7. The Labute approximate surface area is 143 Å². The van der Waals surface area contributed by atoms with Crippen LogP contribution < -0.4 is 16.0 Å². The van der Waals surface area contributed by atoms with Crippen LogP contribution in [-0.4, -0.2) is 23.8 Å². The van der Waals surface area contributed by atoms with Crippen LogP contribution in [-0.2, 0) is 14.4 Å². The van der Waals surface area contributed by atoms with Gasteiger partial charge in [0.15, 0.2) is 0 Å². The summed E-state index contributed by atoms with van der Waals surface area (Å²) in [7, 11) is 0. The van der Waals surface area contributed by atoms with Crippen molar-refractivity contribution in [3.63, 3.8) is 0 Å². The molecule has 0 bridgehead atoms. The molecule has 3 N–H and O–H groups in total. The molecule has 6 heteroatoms. The molecule has 0 heterocycles. The van der Waals surface area contributed by atoms with E-state index in [-0.39, 0.29) is 23.6 Å². The SMILES string of the molecule is CC(=O)NC(C(=O)Nc1ccc(NC(=O)CC(C)C)cc1)C(C)C. The van der Waals surface area contributed by atoms with Gasteiger partial charge in [0.05, 0.1) is 0 Å². The highest BCUT2D eigenvalue weighted by Gasteiger charge is 2.22. The second kappa shape index (κ2) is 9.05. The van der Waals surface area contributed by atoms with E-state index in [1.807, 2.05) is 27.7 Å². The predicted molar refractivity (Wildman–Crippen MR) is 95.6 cm³/mol. The van der Waals surface area contributed by atoms with Crippen molar-refractivity contribution in [3.05, 3.63) is 24.3 Å². The van der Waals surface area contributed by atoms with E-state index in [0.29, 0.717) is 23.7 Å². The molecule has 0 saturated carbocycles. The number of carbonyl (C=O) groups is 3. The highest BCUT2D eigenvalue weighted by Crippen LogP contribution is 2.15. The summed E-state index contributed by atoms with van der Waals surface area (Å²) in [5.41, 5.74) is 1.29. The summed E-state index contributed by atoms with van der Waals surface area (Å²) in [6.07, 6.45) is 0.464. The normalized spacial score (nSPS) is 12.0. The highest BCUT2D eigenvalue weighted by atomic mass is 16.2. The van der Waals surface area contributed by atoms with E-state index in [4.69, 9.17) is 0 Å². The Bertz CT molecular complexity index is 580. The largest absolute Gasteiger partial charge is 0.344 e. The average Bonchev–Trinajstić information content (AvgIpc) is 2.45. The van der Waals surface area contributed by atoms with Crippen LogP contribution >= 0.6 is 0 Å². The third kappa shape index (κ3) is 6.81. The predicted octanol–water partition coefficient (Wildman–Crippen LogP) is 2.77. The van der Waals surface area contributed by atoms with Gasteiger partial charge in [0.1, 0.15) is 6.04 Å². The van der Waals surface area contributed by atoms with E-state index in [9.17, 15) is 14.4 Å². The number of carbonyl (C=O) groups excluding carboxylic acids is 3. The van der Waals surface area contributed by atoms with Gasteiger partial charge in [-0.1, -0.05) is 27.7 Å². The van der Waals surface area contributed by atoms with Gasteiger partial charge < -0.3 is 16.0 Å². The molecule has 0 saturated heterocycles. The Morgan fingerprint density at radius 3 is 1.83 bits per heavy atom. The lowest BCUT2D eigenvalue weighted by atomic mass is 10.0. The van der Waals surface area contributed by atoms with Gasteiger partial charge in [-0.2, -0.15) is 0 Å². The molecule has 0 aliphatic rings. The minimum Gasteiger partial charge on any atom is -0.344 e. The smallest absolute Gasteiger partial charge is 0.247 e. The number of benzene rings is 1. The fourth-order valence-electron chi connectivity index (χ4n) is 2.19. The van der Waals surface area contributed by atoms with Crippen molar-refractivity contribution in [2.24, 2.45) is 11.8 Å². The third-order valence-corrected chi connectivity index (χ3v) is 3.34. The maximum atomic E-state index is 12.3. The van der Waals surface area contributed by atoms with Crippen molar-refractivity contribution >= 4 is 29.1 Å². The maximum absolute atomic E-state index is 12.3. The standard InChI is InChI=1S/C18H27N3O3/c1-11(2)10-16(23)20-14-6-8-15(9-7-14)21-18(24)17(12(3)4)19-13(5)22/h6-9,11-12,17H,10H2,1-5H3,(H,19,22)(H,20,23)(H,21,24). The Kier molecular flexibility index (Phi) is 7.42. The Balaban J connectivity index is 2.67. The van der Waals surface area contributed by atoms with Gasteiger partial charge in [-0.15, -0.1) is 0 Å². The lowest BCUT2D eigenvalue weighted by Crippen LogP contribution is -2.46. The van der Waals surface area contributed by atoms with Gasteiger partial charge in [-0.3, -0.25) is 14.4 Å². The van der Waals surface area contributed by atoms with Crippen molar-refractivity contribution in [3.8, 4) is 0 Å². The molecule has 1 atom stereocenters. The van der Waals surface area contributed by atoms with E-state index < -0.39 is 6.04 Å². The lowest BCUT2D eigenvalue weighted by molar-refractivity contribution is -0.126. The van der Waals surface area contributed by atoms with Crippen LogP contribution in [0, 0.1) is 11.8 Å². The van der Waals surface area contributed by atoms with E-state index in [2.05, 4.69) is 16.0 Å². The summed E-state index contributed by atoms with van der Waals surface area (Å²) in [5, 5.41) is 8.23. The van der Waals surface area contributed by atoms with Crippen LogP contribution in [0.1, 0.15) is 41.0 Å². The molecule has 0 aromatic heterocycles. The molecule has 24 heavy (non-hydrogen) atoms. The summed E-state index contributed by atoms with van der Waals surface area (Å²) >= 11 is 0. The third-order valence-electron chi connectivity index (χ3n) is 3.34. The molecule has 1 rings (SSSR count). The van der Waals surface area contributed by atoms with Crippen LogP contribution in [0.5, 0.6) is 0 Å². The first-order valence-electron chi connectivity index (χ1n) is 8.17. The monoisotopic (exact) mass is 333 g/mol. The number of amides is 3. The molecule has 1 unspecified atom stereocenters. The first kappa shape index (κ1) is 19.7. The molecule has 3 amide bonds. The quantitative estimate of drug-likeness (QED) is 0.717. The lowest BCUT2D eigenvalue weighted by Gasteiger charge is -2.21. The molecule has 6 nitrogen and oxygen atoms in total. The number of nitrogens with one attached hydrogen (secondary N) is 3. The molecule has 1 aromatic carbocycles. The molecular weight excluding hydrogens is 306 g/mol. The van der Waals surface area contributed by atoms with Crippen LogP contribution in [0.15, 0.2) is 24.3 Å². The van der Waals surface area contributed by atoms with E-state index in [1.165, 1.54) is 6.92 Å².